The van der Waals surface area contributed by atoms with E-state index >= 15 is 0 Å². The Hall–Kier alpha value is -3.52. The summed E-state index contributed by atoms with van der Waals surface area (Å²) in [4.78, 5) is 12.3. The Bertz CT molecular complexity index is 1230. The van der Waals surface area contributed by atoms with Crippen LogP contribution in [-0.4, -0.2) is 32.8 Å². The second-order valence-corrected chi connectivity index (χ2v) is 7.22. The minimum Gasteiger partial charge on any atom is -0.496 e. The molecule has 0 aliphatic heterocycles. The van der Waals surface area contributed by atoms with Gasteiger partial charge in [0.05, 0.1) is 18.3 Å². The van der Waals surface area contributed by atoms with Crippen LogP contribution in [0.5, 0.6) is 5.75 Å². The third-order valence-corrected chi connectivity index (χ3v) is 4.84. The van der Waals surface area contributed by atoms with Crippen LogP contribution < -0.4 is 10.1 Å². The maximum absolute atomic E-state index is 12.3. The topological polar surface area (TPSA) is 83.2 Å². The number of carbonyl (C=O) groups is 1. The van der Waals surface area contributed by atoms with Gasteiger partial charge < -0.3 is 9.47 Å². The molecule has 8 nitrogen and oxygen atoms in total. The fraction of sp³-hybridized carbons (Fsp3) is 0.190. The summed E-state index contributed by atoms with van der Waals surface area (Å²) < 4.78 is 14.0. The van der Waals surface area contributed by atoms with Crippen molar-refractivity contribution in [2.45, 2.75) is 6.61 Å². The van der Waals surface area contributed by atoms with Crippen LogP contribution in [0.15, 0.2) is 48.7 Å². The molecule has 2 aromatic carbocycles. The molecule has 30 heavy (non-hydrogen) atoms. The van der Waals surface area contributed by atoms with Gasteiger partial charge in [-0.05, 0) is 35.9 Å². The predicted octanol–water partition coefficient (Wildman–Crippen LogP) is 4.38. The molecule has 0 fully saturated rings. The number of amides is 1. The number of hydrogen-bond acceptors (Lipinski definition) is 5. The molecule has 4 aromatic rings. The number of aromatic nitrogens is 4. The molecule has 0 atom stereocenters. The number of hydrogen-bond donors (Lipinski definition) is 1. The van der Waals surface area contributed by atoms with Crippen molar-refractivity contribution in [3.8, 4) is 17.0 Å². The smallest absolute Gasteiger partial charge is 0.413 e. The lowest BCUT2D eigenvalue weighted by molar-refractivity contribution is 0.155. The summed E-state index contributed by atoms with van der Waals surface area (Å²) in [6.07, 6.45) is 1.35. The maximum atomic E-state index is 12.3. The number of nitrogens with one attached hydrogen (secondary N) is 1. The summed E-state index contributed by atoms with van der Waals surface area (Å²) in [5, 5.41) is 13.0. The molecule has 9 heteroatoms. The van der Waals surface area contributed by atoms with Crippen LogP contribution in [0.25, 0.3) is 22.2 Å². The summed E-state index contributed by atoms with van der Waals surface area (Å²) in [6, 6.07) is 12.8. The first-order valence-corrected chi connectivity index (χ1v) is 9.55. The van der Waals surface area contributed by atoms with Crippen molar-refractivity contribution in [1.29, 1.82) is 0 Å². The highest BCUT2D eigenvalue weighted by Crippen LogP contribution is 2.32. The average Bonchev–Trinajstić information content (AvgIpc) is 3.27. The van der Waals surface area contributed by atoms with Crippen LogP contribution >= 0.6 is 11.6 Å². The highest BCUT2D eigenvalue weighted by molar-refractivity contribution is 6.30. The minimum atomic E-state index is -0.570. The third-order valence-electron chi connectivity index (χ3n) is 4.60. The Morgan fingerprint density at radius 3 is 2.77 bits per heavy atom. The second-order valence-electron chi connectivity index (χ2n) is 6.78. The summed E-state index contributed by atoms with van der Waals surface area (Å²) in [5.41, 5.74) is 3.18. The summed E-state index contributed by atoms with van der Waals surface area (Å²) in [7, 11) is 5.17. The summed E-state index contributed by atoms with van der Waals surface area (Å²) in [6.45, 7) is 0.145. The summed E-state index contributed by atoms with van der Waals surface area (Å²) >= 11 is 6.02. The molecule has 0 aliphatic rings. The van der Waals surface area contributed by atoms with E-state index in [1.54, 1.807) is 41.7 Å². The van der Waals surface area contributed by atoms with E-state index in [4.69, 9.17) is 21.1 Å². The van der Waals surface area contributed by atoms with E-state index < -0.39 is 6.09 Å². The zero-order valence-electron chi connectivity index (χ0n) is 16.7. The number of anilines is 1. The monoisotopic (exact) mass is 425 g/mol. The van der Waals surface area contributed by atoms with Crippen LogP contribution in [0.2, 0.25) is 5.02 Å². The van der Waals surface area contributed by atoms with Crippen molar-refractivity contribution < 1.29 is 14.3 Å². The van der Waals surface area contributed by atoms with Crippen molar-refractivity contribution in [3.05, 3.63) is 59.2 Å². The van der Waals surface area contributed by atoms with Gasteiger partial charge in [0.15, 0.2) is 0 Å². The van der Waals surface area contributed by atoms with Crippen LogP contribution in [0.3, 0.4) is 0 Å². The molecule has 0 saturated heterocycles. The van der Waals surface area contributed by atoms with Gasteiger partial charge in [0.25, 0.3) is 0 Å². The Kier molecular flexibility index (Phi) is 5.33. The van der Waals surface area contributed by atoms with Crippen molar-refractivity contribution >= 4 is 34.4 Å². The number of aryl methyl sites for hydroxylation is 2. The van der Waals surface area contributed by atoms with Gasteiger partial charge in [-0.1, -0.05) is 17.7 Å². The Morgan fingerprint density at radius 1 is 1.13 bits per heavy atom. The molecule has 0 unspecified atom stereocenters. The Morgan fingerprint density at radius 2 is 1.97 bits per heavy atom. The summed E-state index contributed by atoms with van der Waals surface area (Å²) in [5.74, 6) is 1.09. The van der Waals surface area contributed by atoms with Gasteiger partial charge >= 0.3 is 6.09 Å². The van der Waals surface area contributed by atoms with Gasteiger partial charge in [-0.15, -0.1) is 0 Å². The number of rotatable bonds is 5. The number of methoxy groups -OCH3 is 1. The predicted molar refractivity (Wildman–Crippen MR) is 115 cm³/mol. The number of nitrogens with zero attached hydrogens (tertiary/aromatic N) is 4. The fourth-order valence-electron chi connectivity index (χ4n) is 3.17. The lowest BCUT2D eigenvalue weighted by Crippen LogP contribution is -2.15. The molecule has 4 rings (SSSR count). The van der Waals surface area contributed by atoms with E-state index in [1.165, 1.54) is 0 Å². The fourth-order valence-corrected chi connectivity index (χ4v) is 3.33. The third kappa shape index (κ3) is 4.08. The van der Waals surface area contributed by atoms with Gasteiger partial charge in [0, 0.05) is 42.3 Å². The highest BCUT2D eigenvalue weighted by atomic mass is 35.5. The Balaban J connectivity index is 1.44. The molecule has 0 radical (unpaired) electrons. The van der Waals surface area contributed by atoms with E-state index in [2.05, 4.69) is 15.5 Å². The van der Waals surface area contributed by atoms with Crippen molar-refractivity contribution in [2.24, 2.45) is 14.1 Å². The zero-order chi connectivity index (χ0) is 21.3. The van der Waals surface area contributed by atoms with E-state index in [-0.39, 0.29) is 6.61 Å². The average molecular weight is 426 g/mol. The van der Waals surface area contributed by atoms with E-state index in [0.717, 1.165) is 22.0 Å². The van der Waals surface area contributed by atoms with E-state index in [1.807, 2.05) is 37.5 Å². The molecular formula is C21H20ClN5O3. The molecule has 2 aromatic heterocycles. The zero-order valence-corrected chi connectivity index (χ0v) is 17.5. The number of fused-ring (bicyclic) bond motifs is 1. The SMILES string of the molecule is COc1cc(Cl)ccc1-c1cc(NC(=O)OCc2ccc3nn(C)cc3c2)n(C)n1. The van der Waals surface area contributed by atoms with Gasteiger partial charge in [-0.25, -0.2) is 4.79 Å². The second kappa shape index (κ2) is 8.08. The molecule has 0 saturated carbocycles. The van der Waals surface area contributed by atoms with Crippen LogP contribution in [0, 0.1) is 0 Å². The number of benzene rings is 2. The van der Waals surface area contributed by atoms with Crippen LogP contribution in [-0.2, 0) is 25.4 Å². The maximum Gasteiger partial charge on any atom is 0.413 e. The normalized spacial score (nSPS) is 10.9. The van der Waals surface area contributed by atoms with Crippen molar-refractivity contribution in [3.63, 3.8) is 0 Å². The lowest BCUT2D eigenvalue weighted by atomic mass is 10.1. The molecule has 2 heterocycles. The molecular weight excluding hydrogens is 406 g/mol. The first kappa shape index (κ1) is 19.8. The first-order chi connectivity index (χ1) is 14.4. The minimum absolute atomic E-state index is 0.145. The largest absolute Gasteiger partial charge is 0.496 e. The lowest BCUT2D eigenvalue weighted by Gasteiger charge is -2.07. The van der Waals surface area contributed by atoms with Gasteiger partial charge in [0.1, 0.15) is 18.2 Å². The van der Waals surface area contributed by atoms with Crippen LogP contribution in [0.1, 0.15) is 5.56 Å². The number of ether oxygens (including phenoxy) is 2. The first-order valence-electron chi connectivity index (χ1n) is 9.17. The van der Waals surface area contributed by atoms with Crippen LogP contribution in [0.4, 0.5) is 10.6 Å². The van der Waals surface area contributed by atoms with E-state index in [9.17, 15) is 4.79 Å². The number of halogens is 1. The van der Waals surface area contributed by atoms with Crippen molar-refractivity contribution in [2.75, 3.05) is 12.4 Å². The molecule has 1 N–H and O–H groups in total. The van der Waals surface area contributed by atoms with Crippen molar-refractivity contribution in [1.82, 2.24) is 19.6 Å². The Labute approximate surface area is 178 Å². The number of carbonyl (C=O) groups excluding carboxylic acids is 1. The van der Waals surface area contributed by atoms with Gasteiger partial charge in [0.2, 0.25) is 0 Å². The standard InChI is InChI=1S/C21H20ClN5O3/c1-26-11-14-8-13(4-7-17(14)24-26)12-30-21(28)23-20-10-18(25-27(20)2)16-6-5-15(22)9-19(16)29-3/h4-11H,12H2,1-3H3,(H,23,28). The van der Waals surface area contributed by atoms with Gasteiger partial charge in [-0.2, -0.15) is 10.2 Å². The van der Waals surface area contributed by atoms with Gasteiger partial charge in [-0.3, -0.25) is 14.7 Å². The van der Waals surface area contributed by atoms with E-state index in [0.29, 0.717) is 22.3 Å². The highest BCUT2D eigenvalue weighted by Gasteiger charge is 2.14. The molecule has 0 spiro atoms. The quantitative estimate of drug-likeness (QED) is 0.513. The molecule has 0 aliphatic carbocycles. The molecule has 0 bridgehead atoms. The molecule has 154 valence electrons. The molecule has 1 amide bonds.